The molecule has 5 nitrogen and oxygen atoms in total. The van der Waals surface area contributed by atoms with Crippen molar-refractivity contribution in [2.24, 2.45) is 0 Å². The van der Waals surface area contributed by atoms with Crippen LogP contribution in [0.4, 0.5) is 8.78 Å². The highest BCUT2D eigenvalue weighted by Gasteiger charge is 2.23. The second-order valence-corrected chi connectivity index (χ2v) is 6.19. The van der Waals surface area contributed by atoms with Crippen molar-refractivity contribution >= 4 is 0 Å². The molecule has 130 valence electrons. The van der Waals surface area contributed by atoms with E-state index in [9.17, 15) is 8.78 Å². The molecule has 7 heteroatoms. The van der Waals surface area contributed by atoms with Gasteiger partial charge < -0.3 is 5.11 Å². The van der Waals surface area contributed by atoms with Crippen LogP contribution in [0.3, 0.4) is 0 Å². The summed E-state index contributed by atoms with van der Waals surface area (Å²) in [6.07, 6.45) is 1.69. The number of benzene rings is 1. The number of aliphatic hydroxyl groups excluding tert-OH is 1. The van der Waals surface area contributed by atoms with Crippen LogP contribution in [0.25, 0.3) is 5.69 Å². The van der Waals surface area contributed by atoms with Crippen molar-refractivity contribution in [3.05, 3.63) is 47.8 Å². The highest BCUT2D eigenvalue weighted by Crippen LogP contribution is 2.16. The molecule has 24 heavy (non-hydrogen) atoms. The monoisotopic (exact) mass is 336 g/mol. The van der Waals surface area contributed by atoms with Crippen LogP contribution >= 0.6 is 0 Å². The number of β-amino-alcohol motifs (C(OH)–C–C–N with tert-alkyl or cyclic N) is 1. The Hall–Kier alpha value is -1.83. The van der Waals surface area contributed by atoms with E-state index >= 15 is 0 Å². The van der Waals surface area contributed by atoms with Gasteiger partial charge in [-0.2, -0.15) is 5.10 Å². The van der Waals surface area contributed by atoms with Gasteiger partial charge in [0.05, 0.1) is 12.3 Å². The molecule has 0 saturated carbocycles. The summed E-state index contributed by atoms with van der Waals surface area (Å²) in [6.45, 7) is 6.43. The molecule has 1 fully saturated rings. The lowest BCUT2D eigenvalue weighted by molar-refractivity contribution is 0.0641. The number of hydrogen-bond donors (Lipinski definition) is 1. The third-order valence-corrected chi connectivity index (χ3v) is 4.42. The van der Waals surface area contributed by atoms with Crippen LogP contribution in [0.1, 0.15) is 12.6 Å². The van der Waals surface area contributed by atoms with Crippen molar-refractivity contribution in [3.8, 4) is 5.69 Å². The lowest BCUT2D eigenvalue weighted by Gasteiger charge is -2.39. The van der Waals surface area contributed by atoms with Gasteiger partial charge in [0.25, 0.3) is 0 Å². The Morgan fingerprint density at radius 3 is 2.79 bits per heavy atom. The van der Waals surface area contributed by atoms with Crippen molar-refractivity contribution in [1.29, 1.82) is 0 Å². The number of nitrogens with zero attached hydrogens (tertiary/aromatic N) is 4. The molecule has 1 aromatic heterocycles. The van der Waals surface area contributed by atoms with E-state index in [1.54, 1.807) is 6.20 Å². The smallest absolute Gasteiger partial charge is 0.151 e. The molecule has 0 aliphatic carbocycles. The van der Waals surface area contributed by atoms with Crippen LogP contribution in [-0.2, 0) is 6.54 Å². The first kappa shape index (κ1) is 17.0. The van der Waals surface area contributed by atoms with E-state index in [0.29, 0.717) is 19.1 Å². The van der Waals surface area contributed by atoms with Gasteiger partial charge in [0.1, 0.15) is 11.5 Å². The highest BCUT2D eigenvalue weighted by atomic mass is 19.1. The maximum Gasteiger partial charge on any atom is 0.151 e. The van der Waals surface area contributed by atoms with Crippen LogP contribution in [0, 0.1) is 11.6 Å². The topological polar surface area (TPSA) is 44.5 Å². The van der Waals surface area contributed by atoms with Crippen LogP contribution in [0.15, 0.2) is 30.5 Å². The average molecular weight is 336 g/mol. The molecule has 0 bridgehead atoms. The van der Waals surface area contributed by atoms with Crippen molar-refractivity contribution in [2.45, 2.75) is 19.5 Å². The minimum absolute atomic E-state index is 0.179. The summed E-state index contributed by atoms with van der Waals surface area (Å²) in [5, 5.41) is 13.5. The van der Waals surface area contributed by atoms with Crippen molar-refractivity contribution < 1.29 is 13.9 Å². The molecule has 1 atom stereocenters. The Bertz CT molecular complexity index is 691. The van der Waals surface area contributed by atoms with Crippen molar-refractivity contribution in [1.82, 2.24) is 19.6 Å². The summed E-state index contributed by atoms with van der Waals surface area (Å²) in [7, 11) is 0. The number of hydrogen-bond acceptors (Lipinski definition) is 4. The van der Waals surface area contributed by atoms with Crippen molar-refractivity contribution in [3.63, 3.8) is 0 Å². The molecule has 2 heterocycles. The van der Waals surface area contributed by atoms with Gasteiger partial charge in [-0.3, -0.25) is 9.80 Å². The number of aliphatic hydroxyl groups is 1. The summed E-state index contributed by atoms with van der Waals surface area (Å²) < 4.78 is 28.3. The Balaban J connectivity index is 1.64. The van der Waals surface area contributed by atoms with Gasteiger partial charge in [0.2, 0.25) is 0 Å². The zero-order valence-corrected chi connectivity index (χ0v) is 13.7. The molecule has 1 saturated heterocycles. The standard InChI is InChI=1S/C17H22F2N4O/c1-13-11-21(6-7-22(13)8-9-24)12-15-4-5-23(20-15)17-3-2-14(18)10-16(17)19/h2-5,10,13,24H,6-9,11-12H2,1H3/t13-/m0/s1. The zero-order valence-electron chi connectivity index (χ0n) is 13.7. The molecule has 0 spiro atoms. The second-order valence-electron chi connectivity index (χ2n) is 6.19. The average Bonchev–Trinajstić information content (AvgIpc) is 2.98. The van der Waals surface area contributed by atoms with Crippen LogP contribution < -0.4 is 0 Å². The zero-order chi connectivity index (χ0) is 17.1. The van der Waals surface area contributed by atoms with Gasteiger partial charge in [0.15, 0.2) is 5.82 Å². The molecule has 2 aromatic rings. The molecule has 1 aliphatic heterocycles. The molecular weight excluding hydrogens is 314 g/mol. The van der Waals surface area contributed by atoms with E-state index in [-0.39, 0.29) is 12.3 Å². The number of rotatable bonds is 5. The van der Waals surface area contributed by atoms with Gasteiger partial charge in [-0.25, -0.2) is 13.5 Å². The summed E-state index contributed by atoms with van der Waals surface area (Å²) in [6, 6.07) is 5.70. The third kappa shape index (κ3) is 3.80. The summed E-state index contributed by atoms with van der Waals surface area (Å²) in [5.41, 5.74) is 1.09. The Morgan fingerprint density at radius 2 is 2.08 bits per heavy atom. The molecule has 0 unspecified atom stereocenters. The van der Waals surface area contributed by atoms with Gasteiger partial charge in [-0.15, -0.1) is 0 Å². The third-order valence-electron chi connectivity index (χ3n) is 4.42. The van der Waals surface area contributed by atoms with Crippen molar-refractivity contribution in [2.75, 3.05) is 32.8 Å². The molecule has 1 aliphatic rings. The molecule has 1 aromatic carbocycles. The van der Waals surface area contributed by atoms with Gasteiger partial charge in [0, 0.05) is 51.0 Å². The first-order chi connectivity index (χ1) is 11.6. The van der Waals surface area contributed by atoms with Crippen LogP contribution in [0.2, 0.25) is 0 Å². The SMILES string of the molecule is C[C@H]1CN(Cc2ccn(-c3ccc(F)cc3F)n2)CCN1CCO. The Labute approximate surface area is 140 Å². The maximum atomic E-state index is 13.8. The number of piperazine rings is 1. The largest absolute Gasteiger partial charge is 0.395 e. The minimum atomic E-state index is -0.629. The predicted molar refractivity (Wildman–Crippen MR) is 86.9 cm³/mol. The molecule has 0 amide bonds. The predicted octanol–water partition coefficient (Wildman–Crippen LogP) is 1.65. The summed E-state index contributed by atoms with van der Waals surface area (Å²) in [4.78, 5) is 4.56. The Kier molecular flexibility index (Phi) is 5.23. The lowest BCUT2D eigenvalue weighted by atomic mass is 10.2. The number of aromatic nitrogens is 2. The van der Waals surface area contributed by atoms with E-state index in [1.165, 1.54) is 16.8 Å². The van der Waals surface area contributed by atoms with Gasteiger partial charge in [-0.1, -0.05) is 0 Å². The normalized spacial score (nSPS) is 19.8. The molecule has 1 N–H and O–H groups in total. The first-order valence-electron chi connectivity index (χ1n) is 8.14. The van der Waals surface area contributed by atoms with E-state index in [1.807, 2.05) is 6.07 Å². The molecule has 3 rings (SSSR count). The molecule has 0 radical (unpaired) electrons. The fourth-order valence-electron chi connectivity index (χ4n) is 3.15. The first-order valence-corrected chi connectivity index (χ1v) is 8.14. The highest BCUT2D eigenvalue weighted by molar-refractivity contribution is 5.33. The van der Waals surface area contributed by atoms with E-state index in [4.69, 9.17) is 5.11 Å². The van der Waals surface area contributed by atoms with E-state index in [0.717, 1.165) is 31.4 Å². The minimum Gasteiger partial charge on any atom is -0.395 e. The van der Waals surface area contributed by atoms with Crippen LogP contribution in [0.5, 0.6) is 0 Å². The fraction of sp³-hybridized carbons (Fsp3) is 0.471. The van der Waals surface area contributed by atoms with Gasteiger partial charge >= 0.3 is 0 Å². The quantitative estimate of drug-likeness (QED) is 0.902. The molecular formula is C17H22F2N4O. The summed E-state index contributed by atoms with van der Waals surface area (Å²) in [5.74, 6) is -1.23. The fourth-order valence-corrected chi connectivity index (χ4v) is 3.15. The maximum absolute atomic E-state index is 13.8. The number of halogens is 2. The second kappa shape index (κ2) is 7.38. The van der Waals surface area contributed by atoms with E-state index < -0.39 is 11.6 Å². The lowest BCUT2D eigenvalue weighted by Crippen LogP contribution is -2.52. The summed E-state index contributed by atoms with van der Waals surface area (Å²) >= 11 is 0. The van der Waals surface area contributed by atoms with Crippen LogP contribution in [-0.4, -0.2) is 63.5 Å². The van der Waals surface area contributed by atoms with Gasteiger partial charge in [-0.05, 0) is 25.1 Å². The Morgan fingerprint density at radius 1 is 1.25 bits per heavy atom. The van der Waals surface area contributed by atoms with E-state index in [2.05, 4.69) is 21.8 Å².